The Morgan fingerprint density at radius 3 is 2.59 bits per heavy atom. The molecule has 0 unspecified atom stereocenters. The third-order valence-corrected chi connectivity index (χ3v) is 8.71. The van der Waals surface area contributed by atoms with Crippen molar-refractivity contribution in [1.82, 2.24) is 15.0 Å². The van der Waals surface area contributed by atoms with Crippen LogP contribution < -0.4 is 11.0 Å². The van der Waals surface area contributed by atoms with Crippen LogP contribution in [0.4, 0.5) is 0 Å². The molecule has 37 heavy (non-hydrogen) atoms. The van der Waals surface area contributed by atoms with E-state index in [-0.39, 0.29) is 17.2 Å². The number of rotatable bonds is 7. The maximum absolute atomic E-state index is 13.8. The molecule has 0 saturated carbocycles. The number of carbonyl (C=O) groups excluding carboxylic acids is 1. The van der Waals surface area contributed by atoms with Crippen molar-refractivity contribution in [3.8, 4) is 5.69 Å². The lowest BCUT2D eigenvalue weighted by atomic mass is 9.97. The molecule has 8 heteroatoms. The van der Waals surface area contributed by atoms with Gasteiger partial charge in [-0.2, -0.15) is 5.10 Å². The van der Waals surface area contributed by atoms with Crippen LogP contribution in [0.25, 0.3) is 15.9 Å². The monoisotopic (exact) mass is 530 g/mol. The Kier molecular flexibility index (Phi) is 7.58. The van der Waals surface area contributed by atoms with Crippen molar-refractivity contribution in [2.24, 2.45) is 5.10 Å². The number of thiophene rings is 1. The van der Waals surface area contributed by atoms with Gasteiger partial charge in [-0.1, -0.05) is 67.6 Å². The molecular weight excluding hydrogens is 500 g/mol. The highest BCUT2D eigenvalue weighted by atomic mass is 32.2. The van der Waals surface area contributed by atoms with Crippen LogP contribution in [-0.4, -0.2) is 27.4 Å². The zero-order valence-corrected chi connectivity index (χ0v) is 22.9. The molecule has 1 N–H and O–H groups in total. The summed E-state index contributed by atoms with van der Waals surface area (Å²) in [5, 5.41) is 5.36. The normalized spacial score (nSPS) is 13.4. The highest BCUT2D eigenvalue weighted by Gasteiger charge is 2.23. The van der Waals surface area contributed by atoms with Crippen LogP contribution in [0.5, 0.6) is 0 Å². The fourth-order valence-corrected chi connectivity index (χ4v) is 6.62. The first kappa shape index (κ1) is 25.4. The van der Waals surface area contributed by atoms with Crippen molar-refractivity contribution < 1.29 is 4.79 Å². The Morgan fingerprint density at radius 1 is 1.14 bits per heavy atom. The van der Waals surface area contributed by atoms with E-state index in [1.165, 1.54) is 22.2 Å². The minimum Gasteiger partial charge on any atom is -0.272 e. The molecule has 1 amide bonds. The van der Waals surface area contributed by atoms with E-state index in [0.717, 1.165) is 58.3 Å². The number of aryl methyl sites for hydroxylation is 3. The molecule has 2 heterocycles. The predicted octanol–water partition coefficient (Wildman–Crippen LogP) is 6.00. The molecule has 190 valence electrons. The molecule has 1 aliphatic carbocycles. The maximum Gasteiger partial charge on any atom is 0.267 e. The Hall–Kier alpha value is -3.23. The molecule has 2 aromatic carbocycles. The quantitative estimate of drug-likeness (QED) is 0.138. The van der Waals surface area contributed by atoms with E-state index in [2.05, 4.69) is 36.5 Å². The first-order valence-electron chi connectivity index (χ1n) is 12.6. The van der Waals surface area contributed by atoms with Gasteiger partial charge in [0.2, 0.25) is 0 Å². The molecule has 0 atom stereocenters. The van der Waals surface area contributed by atoms with Crippen LogP contribution in [-0.2, 0) is 17.6 Å². The molecule has 6 nitrogen and oxygen atoms in total. The second kappa shape index (κ2) is 11.0. The molecule has 0 saturated heterocycles. The van der Waals surface area contributed by atoms with Crippen molar-refractivity contribution >= 4 is 45.4 Å². The number of aromatic nitrogens is 2. The van der Waals surface area contributed by atoms with E-state index in [4.69, 9.17) is 4.98 Å². The fourth-order valence-electron chi connectivity index (χ4n) is 4.51. The van der Waals surface area contributed by atoms with E-state index in [0.29, 0.717) is 11.1 Å². The average Bonchev–Trinajstić information content (AvgIpc) is 3.27. The second-order valence-corrected chi connectivity index (χ2v) is 11.7. The fraction of sp³-hybridized carbons (Fsp3) is 0.310. The minimum atomic E-state index is -0.254. The second-order valence-electron chi connectivity index (χ2n) is 9.66. The minimum absolute atomic E-state index is 0.0565. The zero-order valence-electron chi connectivity index (χ0n) is 21.3. The summed E-state index contributed by atoms with van der Waals surface area (Å²) >= 11 is 2.87. The lowest BCUT2D eigenvalue weighted by Crippen LogP contribution is -2.24. The van der Waals surface area contributed by atoms with E-state index < -0.39 is 0 Å². The molecule has 2 aromatic heterocycles. The Balaban J connectivity index is 1.38. The number of amides is 1. The third kappa shape index (κ3) is 5.55. The number of nitrogens with zero attached hydrogens (tertiary/aromatic N) is 3. The summed E-state index contributed by atoms with van der Waals surface area (Å²) in [5.74, 6) is 0.307. The topological polar surface area (TPSA) is 76.3 Å². The van der Waals surface area contributed by atoms with E-state index in [9.17, 15) is 9.59 Å². The summed E-state index contributed by atoms with van der Waals surface area (Å²) in [7, 11) is 0. The average molecular weight is 531 g/mol. The van der Waals surface area contributed by atoms with Crippen LogP contribution in [0.3, 0.4) is 0 Å². The van der Waals surface area contributed by atoms with Crippen molar-refractivity contribution in [3.63, 3.8) is 0 Å². The van der Waals surface area contributed by atoms with Gasteiger partial charge in [-0.3, -0.25) is 14.2 Å². The largest absolute Gasteiger partial charge is 0.272 e. The van der Waals surface area contributed by atoms with Crippen LogP contribution >= 0.6 is 23.1 Å². The summed E-state index contributed by atoms with van der Waals surface area (Å²) in [4.78, 5) is 33.3. The zero-order chi connectivity index (χ0) is 25.9. The van der Waals surface area contributed by atoms with Crippen LogP contribution in [0.2, 0.25) is 0 Å². The van der Waals surface area contributed by atoms with E-state index in [1.54, 1.807) is 22.1 Å². The Bertz CT molecular complexity index is 1520. The SMILES string of the molecule is Cc1ccc(-n2c(SCC(=O)NN=Cc3ccc(C(C)C)cc3)nc3sc4c(c3c2=O)CCCC4)cc1. The van der Waals surface area contributed by atoms with Crippen molar-refractivity contribution in [3.05, 3.63) is 86.0 Å². The summed E-state index contributed by atoms with van der Waals surface area (Å²) in [6.45, 7) is 6.32. The number of hydrogen-bond donors (Lipinski definition) is 1. The summed E-state index contributed by atoms with van der Waals surface area (Å²) in [5.41, 5.74) is 7.74. The third-order valence-electron chi connectivity index (χ3n) is 6.59. The summed E-state index contributed by atoms with van der Waals surface area (Å²) in [6.07, 6.45) is 5.81. The van der Waals surface area contributed by atoms with Crippen LogP contribution in [0.15, 0.2) is 63.6 Å². The number of carbonyl (C=O) groups is 1. The first-order chi connectivity index (χ1) is 17.9. The van der Waals surface area contributed by atoms with Gasteiger partial charge >= 0.3 is 0 Å². The van der Waals surface area contributed by atoms with Crippen molar-refractivity contribution in [2.75, 3.05) is 5.75 Å². The summed E-state index contributed by atoms with van der Waals surface area (Å²) < 4.78 is 1.65. The number of fused-ring (bicyclic) bond motifs is 3. The van der Waals surface area contributed by atoms with Gasteiger partial charge < -0.3 is 0 Å². The van der Waals surface area contributed by atoms with E-state index in [1.807, 2.05) is 43.3 Å². The summed E-state index contributed by atoms with van der Waals surface area (Å²) in [6, 6.07) is 15.9. The van der Waals surface area contributed by atoms with Gasteiger partial charge in [0.05, 0.1) is 23.0 Å². The van der Waals surface area contributed by atoms with Crippen LogP contribution in [0.1, 0.15) is 59.7 Å². The Morgan fingerprint density at radius 2 is 1.86 bits per heavy atom. The van der Waals surface area contributed by atoms with Gasteiger partial charge in [-0.25, -0.2) is 10.4 Å². The number of nitrogens with one attached hydrogen (secondary N) is 1. The first-order valence-corrected chi connectivity index (χ1v) is 14.4. The maximum atomic E-state index is 13.8. The lowest BCUT2D eigenvalue weighted by molar-refractivity contribution is -0.118. The highest BCUT2D eigenvalue weighted by molar-refractivity contribution is 7.99. The van der Waals surface area contributed by atoms with Gasteiger partial charge in [-0.15, -0.1) is 11.3 Å². The van der Waals surface area contributed by atoms with Crippen molar-refractivity contribution in [1.29, 1.82) is 0 Å². The molecule has 0 fully saturated rings. The molecule has 1 aliphatic rings. The van der Waals surface area contributed by atoms with Gasteiger partial charge in [0.25, 0.3) is 11.5 Å². The number of thioether (sulfide) groups is 1. The lowest BCUT2D eigenvalue weighted by Gasteiger charge is -2.13. The number of hydrazone groups is 1. The molecule has 4 aromatic rings. The smallest absolute Gasteiger partial charge is 0.267 e. The van der Waals surface area contributed by atoms with E-state index >= 15 is 0 Å². The molecule has 0 radical (unpaired) electrons. The molecule has 0 bridgehead atoms. The van der Waals surface area contributed by atoms with Gasteiger partial charge in [0.1, 0.15) is 4.83 Å². The number of benzene rings is 2. The molecule has 0 spiro atoms. The highest BCUT2D eigenvalue weighted by Crippen LogP contribution is 2.35. The number of hydrogen-bond acceptors (Lipinski definition) is 6. The Labute approximate surface area is 224 Å². The van der Waals surface area contributed by atoms with Gasteiger partial charge in [-0.05, 0) is 67.3 Å². The standard InChI is InChI=1S/C29H30N4O2S2/c1-18(2)21-12-10-20(11-13-21)16-30-32-25(34)17-36-29-31-27-26(23-6-4-5-7-24(23)37-27)28(35)33(29)22-14-8-19(3)9-15-22/h8-16,18H,4-7,17H2,1-3H3,(H,32,34). The van der Waals surface area contributed by atoms with Gasteiger partial charge in [0.15, 0.2) is 5.16 Å². The van der Waals surface area contributed by atoms with Crippen LogP contribution in [0, 0.1) is 6.92 Å². The molecular formula is C29H30N4O2S2. The van der Waals surface area contributed by atoms with Crippen molar-refractivity contribution in [2.45, 2.75) is 57.5 Å². The molecule has 5 rings (SSSR count). The predicted molar refractivity (Wildman–Crippen MR) is 154 cm³/mol. The van der Waals surface area contributed by atoms with Gasteiger partial charge in [0, 0.05) is 4.88 Å². The molecule has 0 aliphatic heterocycles.